The van der Waals surface area contributed by atoms with Gasteiger partial charge >= 0.3 is 0 Å². The summed E-state index contributed by atoms with van der Waals surface area (Å²) >= 11 is 0. The number of rotatable bonds is 7. The van der Waals surface area contributed by atoms with Crippen LogP contribution in [0.25, 0.3) is 0 Å². The lowest BCUT2D eigenvalue weighted by Crippen LogP contribution is -2.46. The van der Waals surface area contributed by atoms with E-state index in [0.717, 1.165) is 24.8 Å². The molecule has 1 aliphatic rings. The standard InChI is InChI=1S/C19H30N2O3S/c1-4-13-25(23,24)21-12-6-7-17(14-21)19(22)20-18(5-2)16-10-8-15(3)9-11-16/h8-11,17-18H,4-7,12-14H2,1-3H3,(H,20,22)/t17-,18-/m0/s1. The Morgan fingerprint density at radius 2 is 1.96 bits per heavy atom. The molecule has 0 saturated carbocycles. The molecule has 1 aromatic carbocycles. The summed E-state index contributed by atoms with van der Waals surface area (Å²) in [6.07, 6.45) is 2.89. The minimum atomic E-state index is -3.24. The Morgan fingerprint density at radius 1 is 1.28 bits per heavy atom. The van der Waals surface area contributed by atoms with E-state index in [1.807, 2.05) is 45.0 Å². The van der Waals surface area contributed by atoms with Gasteiger partial charge in [0.05, 0.1) is 17.7 Å². The molecule has 1 aliphatic heterocycles. The molecule has 1 heterocycles. The van der Waals surface area contributed by atoms with Crippen LogP contribution >= 0.6 is 0 Å². The van der Waals surface area contributed by atoms with Crippen LogP contribution < -0.4 is 5.32 Å². The average Bonchev–Trinajstić information content (AvgIpc) is 2.60. The summed E-state index contributed by atoms with van der Waals surface area (Å²) in [5, 5.41) is 3.12. The van der Waals surface area contributed by atoms with Crippen LogP contribution in [0.2, 0.25) is 0 Å². The Kier molecular flexibility index (Phi) is 7.02. The maximum atomic E-state index is 12.7. The number of piperidine rings is 1. The molecule has 0 unspecified atom stereocenters. The van der Waals surface area contributed by atoms with E-state index in [0.29, 0.717) is 19.5 Å². The highest BCUT2D eigenvalue weighted by atomic mass is 32.2. The maximum absolute atomic E-state index is 12.7. The van der Waals surface area contributed by atoms with Gasteiger partial charge in [0.1, 0.15) is 0 Å². The molecule has 140 valence electrons. The van der Waals surface area contributed by atoms with Crippen molar-refractivity contribution < 1.29 is 13.2 Å². The zero-order valence-electron chi connectivity index (χ0n) is 15.5. The summed E-state index contributed by atoms with van der Waals surface area (Å²) in [6.45, 7) is 6.78. The molecule has 1 saturated heterocycles. The van der Waals surface area contributed by atoms with Gasteiger partial charge in [0.2, 0.25) is 15.9 Å². The quantitative estimate of drug-likeness (QED) is 0.807. The molecular formula is C19H30N2O3S. The third-order valence-electron chi connectivity index (χ3n) is 4.81. The highest BCUT2D eigenvalue weighted by Gasteiger charge is 2.32. The molecule has 2 rings (SSSR count). The highest BCUT2D eigenvalue weighted by molar-refractivity contribution is 7.89. The van der Waals surface area contributed by atoms with Gasteiger partial charge in [-0.05, 0) is 38.2 Å². The fourth-order valence-corrected chi connectivity index (χ4v) is 4.89. The van der Waals surface area contributed by atoms with E-state index >= 15 is 0 Å². The van der Waals surface area contributed by atoms with E-state index in [1.54, 1.807) is 0 Å². The zero-order valence-corrected chi connectivity index (χ0v) is 16.3. The predicted molar refractivity (Wildman–Crippen MR) is 101 cm³/mol. The number of nitrogens with zero attached hydrogens (tertiary/aromatic N) is 1. The van der Waals surface area contributed by atoms with Crippen molar-refractivity contribution in [2.75, 3.05) is 18.8 Å². The smallest absolute Gasteiger partial charge is 0.224 e. The van der Waals surface area contributed by atoms with Crippen LogP contribution in [0.5, 0.6) is 0 Å². The number of amides is 1. The molecule has 1 amide bonds. The second kappa shape index (κ2) is 8.81. The van der Waals surface area contributed by atoms with E-state index in [-0.39, 0.29) is 23.6 Å². The number of hydrogen-bond donors (Lipinski definition) is 1. The lowest BCUT2D eigenvalue weighted by Gasteiger charge is -2.32. The Hall–Kier alpha value is -1.40. The fourth-order valence-electron chi connectivity index (χ4n) is 3.31. The van der Waals surface area contributed by atoms with Gasteiger partial charge in [0.25, 0.3) is 0 Å². The minimum absolute atomic E-state index is 0.0317. The first kappa shape index (κ1) is 19.9. The van der Waals surface area contributed by atoms with Crippen LogP contribution in [0, 0.1) is 12.8 Å². The maximum Gasteiger partial charge on any atom is 0.224 e. The highest BCUT2D eigenvalue weighted by Crippen LogP contribution is 2.23. The predicted octanol–water partition coefficient (Wildman–Crippen LogP) is 3.01. The van der Waals surface area contributed by atoms with Crippen molar-refractivity contribution in [3.05, 3.63) is 35.4 Å². The topological polar surface area (TPSA) is 66.5 Å². The van der Waals surface area contributed by atoms with Gasteiger partial charge in [-0.15, -0.1) is 0 Å². The summed E-state index contributed by atoms with van der Waals surface area (Å²) in [4.78, 5) is 12.7. The molecule has 0 radical (unpaired) electrons. The van der Waals surface area contributed by atoms with Gasteiger partial charge in [-0.2, -0.15) is 0 Å². The molecule has 0 aliphatic carbocycles. The van der Waals surface area contributed by atoms with E-state index in [2.05, 4.69) is 5.32 Å². The molecule has 1 fully saturated rings. The Bertz CT molecular complexity index is 670. The number of hydrogen-bond acceptors (Lipinski definition) is 3. The van der Waals surface area contributed by atoms with Crippen LogP contribution in [-0.2, 0) is 14.8 Å². The molecule has 2 atom stereocenters. The van der Waals surface area contributed by atoms with Crippen molar-refractivity contribution in [2.24, 2.45) is 5.92 Å². The average molecular weight is 367 g/mol. The van der Waals surface area contributed by atoms with Crippen molar-refractivity contribution in [1.29, 1.82) is 0 Å². The van der Waals surface area contributed by atoms with Crippen LogP contribution in [0.3, 0.4) is 0 Å². The van der Waals surface area contributed by atoms with Gasteiger partial charge in [-0.3, -0.25) is 4.79 Å². The van der Waals surface area contributed by atoms with E-state index in [1.165, 1.54) is 9.87 Å². The first-order chi connectivity index (χ1) is 11.9. The van der Waals surface area contributed by atoms with Gasteiger partial charge < -0.3 is 5.32 Å². The number of sulfonamides is 1. The second-order valence-electron chi connectivity index (χ2n) is 6.89. The molecule has 1 N–H and O–H groups in total. The van der Waals surface area contributed by atoms with Crippen LogP contribution in [-0.4, -0.2) is 37.5 Å². The van der Waals surface area contributed by atoms with Crippen LogP contribution in [0.15, 0.2) is 24.3 Å². The van der Waals surface area contributed by atoms with Crippen molar-refractivity contribution in [1.82, 2.24) is 9.62 Å². The van der Waals surface area contributed by atoms with Crippen molar-refractivity contribution in [3.63, 3.8) is 0 Å². The number of benzene rings is 1. The summed E-state index contributed by atoms with van der Waals surface area (Å²) < 4.78 is 26.1. The molecule has 0 aromatic heterocycles. The minimum Gasteiger partial charge on any atom is -0.349 e. The fraction of sp³-hybridized carbons (Fsp3) is 0.632. The first-order valence-corrected chi connectivity index (χ1v) is 10.8. The summed E-state index contributed by atoms with van der Waals surface area (Å²) in [6, 6.07) is 8.15. The number of nitrogens with one attached hydrogen (secondary N) is 1. The summed E-state index contributed by atoms with van der Waals surface area (Å²) in [7, 11) is -3.24. The zero-order chi connectivity index (χ0) is 18.4. The number of aryl methyl sites for hydroxylation is 1. The van der Waals surface area contributed by atoms with Crippen LogP contribution in [0.4, 0.5) is 0 Å². The molecule has 25 heavy (non-hydrogen) atoms. The molecule has 6 heteroatoms. The second-order valence-corrected chi connectivity index (χ2v) is 8.98. The summed E-state index contributed by atoms with van der Waals surface area (Å²) in [5.74, 6) is -0.147. The molecular weight excluding hydrogens is 336 g/mol. The largest absolute Gasteiger partial charge is 0.349 e. The van der Waals surface area contributed by atoms with E-state index in [4.69, 9.17) is 0 Å². The number of carbonyl (C=O) groups is 1. The van der Waals surface area contributed by atoms with E-state index in [9.17, 15) is 13.2 Å². The van der Waals surface area contributed by atoms with Crippen molar-refractivity contribution >= 4 is 15.9 Å². The Balaban J connectivity index is 2.02. The van der Waals surface area contributed by atoms with Crippen LogP contribution in [0.1, 0.15) is 56.7 Å². The van der Waals surface area contributed by atoms with E-state index < -0.39 is 10.0 Å². The molecule has 5 nitrogen and oxygen atoms in total. The third-order valence-corrected chi connectivity index (χ3v) is 6.86. The SMILES string of the molecule is CCCS(=O)(=O)N1CCC[C@H](C(=O)N[C@@H](CC)c2ccc(C)cc2)C1. The molecule has 1 aromatic rings. The van der Waals surface area contributed by atoms with Crippen molar-refractivity contribution in [3.8, 4) is 0 Å². The van der Waals surface area contributed by atoms with Gasteiger partial charge in [-0.25, -0.2) is 12.7 Å². The lowest BCUT2D eigenvalue weighted by molar-refractivity contribution is -0.126. The van der Waals surface area contributed by atoms with Crippen molar-refractivity contribution in [2.45, 2.75) is 52.5 Å². The summed E-state index contributed by atoms with van der Waals surface area (Å²) in [5.41, 5.74) is 2.28. The monoisotopic (exact) mass is 366 g/mol. The normalized spacial score (nSPS) is 20.2. The van der Waals surface area contributed by atoms with Gasteiger partial charge in [0, 0.05) is 13.1 Å². The number of carbonyl (C=O) groups excluding carboxylic acids is 1. The lowest BCUT2D eigenvalue weighted by atomic mass is 9.97. The first-order valence-electron chi connectivity index (χ1n) is 9.22. The van der Waals surface area contributed by atoms with Gasteiger partial charge in [0.15, 0.2) is 0 Å². The third kappa shape index (κ3) is 5.28. The Labute approximate surface area is 151 Å². The molecule has 0 spiro atoms. The molecule has 0 bridgehead atoms. The Morgan fingerprint density at radius 3 is 2.56 bits per heavy atom. The van der Waals surface area contributed by atoms with Gasteiger partial charge in [-0.1, -0.05) is 43.7 Å².